The summed E-state index contributed by atoms with van der Waals surface area (Å²) < 4.78 is 11.7. The van der Waals surface area contributed by atoms with Gasteiger partial charge in [-0.3, -0.25) is 9.79 Å². The summed E-state index contributed by atoms with van der Waals surface area (Å²) in [6.07, 6.45) is 11.2. The molecule has 0 saturated heterocycles. The number of methoxy groups -OCH3 is 1. The van der Waals surface area contributed by atoms with Gasteiger partial charge in [0, 0.05) is 43.2 Å². The lowest BCUT2D eigenvalue weighted by atomic mass is 9.85. The van der Waals surface area contributed by atoms with Crippen molar-refractivity contribution in [2.75, 3.05) is 14.2 Å². The highest BCUT2D eigenvalue weighted by atomic mass is 127. The molecule has 184 valence electrons. The summed E-state index contributed by atoms with van der Waals surface area (Å²) in [7, 11) is 3.47. The van der Waals surface area contributed by atoms with E-state index in [4.69, 9.17) is 9.47 Å². The molecular weight excluding hydrogens is 531 g/mol. The molecule has 3 aliphatic rings. The van der Waals surface area contributed by atoms with E-state index in [1.54, 1.807) is 14.2 Å². The van der Waals surface area contributed by atoms with Gasteiger partial charge < -0.3 is 25.4 Å². The van der Waals surface area contributed by atoms with Crippen LogP contribution in [0.5, 0.6) is 11.5 Å². The number of rotatable bonds is 8. The van der Waals surface area contributed by atoms with E-state index in [9.17, 15) is 4.79 Å². The molecule has 3 aliphatic carbocycles. The molecule has 0 aliphatic heterocycles. The number of ether oxygens (including phenoxy) is 2. The van der Waals surface area contributed by atoms with Crippen molar-refractivity contribution in [2.45, 2.75) is 88.9 Å². The number of benzene rings is 1. The van der Waals surface area contributed by atoms with Gasteiger partial charge in [-0.2, -0.15) is 0 Å². The van der Waals surface area contributed by atoms with Crippen molar-refractivity contribution in [3.8, 4) is 11.5 Å². The Morgan fingerprint density at radius 3 is 2.52 bits per heavy atom. The van der Waals surface area contributed by atoms with Crippen LogP contribution in [0.4, 0.5) is 0 Å². The fraction of sp³-hybridized carbons (Fsp3) is 0.680. The third-order valence-electron chi connectivity index (χ3n) is 6.85. The third-order valence-corrected chi connectivity index (χ3v) is 6.85. The van der Waals surface area contributed by atoms with Gasteiger partial charge >= 0.3 is 0 Å². The maximum atomic E-state index is 12.5. The topological polar surface area (TPSA) is 84.0 Å². The Labute approximate surface area is 214 Å². The van der Waals surface area contributed by atoms with E-state index < -0.39 is 0 Å². The second-order valence-electron chi connectivity index (χ2n) is 9.41. The molecule has 4 rings (SSSR count). The Bertz CT molecular complexity index is 809. The number of amides is 1. The van der Waals surface area contributed by atoms with E-state index in [1.165, 1.54) is 12.8 Å². The quantitative estimate of drug-likeness (QED) is 0.249. The van der Waals surface area contributed by atoms with E-state index in [2.05, 4.69) is 27.0 Å². The van der Waals surface area contributed by atoms with Crippen LogP contribution in [0.1, 0.15) is 69.8 Å². The van der Waals surface area contributed by atoms with Gasteiger partial charge in [-0.25, -0.2) is 0 Å². The number of carbonyl (C=O) groups is 1. The molecule has 1 aromatic carbocycles. The van der Waals surface area contributed by atoms with Crippen LogP contribution in [-0.4, -0.2) is 44.2 Å². The predicted octanol–water partition coefficient (Wildman–Crippen LogP) is 4.14. The van der Waals surface area contributed by atoms with Gasteiger partial charge in [0.2, 0.25) is 5.91 Å². The molecule has 1 aromatic rings. The van der Waals surface area contributed by atoms with Crippen LogP contribution in [0.25, 0.3) is 0 Å². The summed E-state index contributed by atoms with van der Waals surface area (Å²) in [4.78, 5) is 16.9. The molecule has 0 spiro atoms. The standard InChI is InChI=1S/C25H38N4O3.HI/c1-26-25(29-20-7-5-6-17(14-20)24(30)28-19-11-12-19)27-16-18-10-13-22(31-2)15-23(18)32-21-8-3-4-9-21;/h10,13,15,17,19-21H,3-9,11-12,14,16H2,1-2H3,(H,28,30)(H2,26,27,29);1H. The first-order valence-corrected chi connectivity index (χ1v) is 12.3. The minimum Gasteiger partial charge on any atom is -0.497 e. The first kappa shape index (κ1) is 25.9. The van der Waals surface area contributed by atoms with E-state index in [-0.39, 0.29) is 41.8 Å². The zero-order valence-corrected chi connectivity index (χ0v) is 22.2. The monoisotopic (exact) mass is 570 g/mol. The number of carbonyl (C=O) groups excluding carboxylic acids is 1. The minimum atomic E-state index is 0. The minimum absolute atomic E-state index is 0. The fourth-order valence-electron chi connectivity index (χ4n) is 4.78. The van der Waals surface area contributed by atoms with Crippen LogP contribution < -0.4 is 25.4 Å². The molecule has 33 heavy (non-hydrogen) atoms. The van der Waals surface area contributed by atoms with Crippen molar-refractivity contribution in [3.63, 3.8) is 0 Å². The average molecular weight is 571 g/mol. The van der Waals surface area contributed by atoms with Crippen molar-refractivity contribution in [1.29, 1.82) is 0 Å². The molecule has 3 fully saturated rings. The normalized spacial score (nSPS) is 23.4. The Balaban J connectivity index is 0.00000306. The molecule has 3 N–H and O–H groups in total. The molecule has 7 nitrogen and oxygen atoms in total. The Hall–Kier alpha value is -1.71. The first-order valence-electron chi connectivity index (χ1n) is 12.3. The van der Waals surface area contributed by atoms with Gasteiger partial charge in [-0.05, 0) is 69.9 Å². The van der Waals surface area contributed by atoms with Crippen LogP contribution in [-0.2, 0) is 11.3 Å². The van der Waals surface area contributed by atoms with Gasteiger partial charge in [0.25, 0.3) is 0 Å². The summed E-state index contributed by atoms with van der Waals surface area (Å²) in [5.74, 6) is 2.79. The highest BCUT2D eigenvalue weighted by Crippen LogP contribution is 2.30. The van der Waals surface area contributed by atoms with Gasteiger partial charge in [0.15, 0.2) is 5.96 Å². The summed E-state index contributed by atoms with van der Waals surface area (Å²) in [6, 6.07) is 6.70. The highest BCUT2D eigenvalue weighted by molar-refractivity contribution is 14.0. The number of nitrogens with one attached hydrogen (secondary N) is 3. The van der Waals surface area contributed by atoms with Crippen LogP contribution in [0.2, 0.25) is 0 Å². The average Bonchev–Trinajstić information content (AvgIpc) is 3.48. The van der Waals surface area contributed by atoms with Crippen LogP contribution in [0.15, 0.2) is 23.2 Å². The van der Waals surface area contributed by atoms with Crippen molar-refractivity contribution >= 4 is 35.8 Å². The summed E-state index contributed by atoms with van der Waals surface area (Å²) in [6.45, 7) is 0.615. The van der Waals surface area contributed by atoms with Gasteiger partial charge in [0.05, 0.1) is 13.2 Å². The zero-order valence-electron chi connectivity index (χ0n) is 19.9. The maximum Gasteiger partial charge on any atom is 0.223 e. The molecule has 0 heterocycles. The SMILES string of the molecule is CN=C(NCc1ccc(OC)cc1OC1CCCC1)NC1CCCC(C(=O)NC2CC2)C1.I. The second-order valence-corrected chi connectivity index (χ2v) is 9.41. The van der Waals surface area contributed by atoms with Crippen molar-refractivity contribution in [1.82, 2.24) is 16.0 Å². The molecule has 2 atom stereocenters. The van der Waals surface area contributed by atoms with Crippen molar-refractivity contribution in [3.05, 3.63) is 23.8 Å². The van der Waals surface area contributed by atoms with Crippen molar-refractivity contribution in [2.24, 2.45) is 10.9 Å². The number of aliphatic imine (C=N–C) groups is 1. The van der Waals surface area contributed by atoms with Crippen LogP contribution in [0, 0.1) is 5.92 Å². The maximum absolute atomic E-state index is 12.5. The second kappa shape index (κ2) is 12.7. The summed E-state index contributed by atoms with van der Waals surface area (Å²) in [5, 5.41) is 10.1. The molecule has 8 heteroatoms. The van der Waals surface area contributed by atoms with Crippen molar-refractivity contribution < 1.29 is 14.3 Å². The van der Waals surface area contributed by atoms with Gasteiger partial charge in [-0.1, -0.05) is 6.42 Å². The Morgan fingerprint density at radius 2 is 1.82 bits per heavy atom. The number of hydrogen-bond donors (Lipinski definition) is 3. The Kier molecular flexibility index (Phi) is 9.94. The molecule has 2 unspecified atom stereocenters. The molecule has 0 aromatic heterocycles. The van der Waals surface area contributed by atoms with E-state index >= 15 is 0 Å². The van der Waals surface area contributed by atoms with Crippen LogP contribution in [0.3, 0.4) is 0 Å². The van der Waals surface area contributed by atoms with E-state index in [0.717, 1.165) is 74.4 Å². The number of halogens is 1. The number of guanidine groups is 1. The lowest BCUT2D eigenvalue weighted by molar-refractivity contribution is -0.126. The fourth-order valence-corrected chi connectivity index (χ4v) is 4.78. The molecule has 1 amide bonds. The van der Waals surface area contributed by atoms with E-state index in [1.807, 2.05) is 12.1 Å². The Morgan fingerprint density at radius 1 is 1.03 bits per heavy atom. The smallest absolute Gasteiger partial charge is 0.223 e. The van der Waals surface area contributed by atoms with Gasteiger partial charge in [-0.15, -0.1) is 24.0 Å². The lowest BCUT2D eigenvalue weighted by Gasteiger charge is -2.30. The highest BCUT2D eigenvalue weighted by Gasteiger charge is 2.31. The molecule has 0 bridgehead atoms. The molecule has 3 saturated carbocycles. The lowest BCUT2D eigenvalue weighted by Crippen LogP contribution is -2.47. The van der Waals surface area contributed by atoms with Gasteiger partial charge in [0.1, 0.15) is 11.5 Å². The predicted molar refractivity (Wildman–Crippen MR) is 142 cm³/mol. The molecular formula is C25H39IN4O3. The molecule has 0 radical (unpaired) electrons. The zero-order chi connectivity index (χ0) is 22.3. The largest absolute Gasteiger partial charge is 0.497 e. The number of hydrogen-bond acceptors (Lipinski definition) is 4. The first-order chi connectivity index (χ1) is 15.6. The van der Waals surface area contributed by atoms with Crippen LogP contribution >= 0.6 is 24.0 Å². The third kappa shape index (κ3) is 7.65. The summed E-state index contributed by atoms with van der Waals surface area (Å²) in [5.41, 5.74) is 1.09. The summed E-state index contributed by atoms with van der Waals surface area (Å²) >= 11 is 0. The van der Waals surface area contributed by atoms with E-state index in [0.29, 0.717) is 18.7 Å². The number of nitrogens with zero attached hydrogens (tertiary/aromatic N) is 1.